The Bertz CT molecular complexity index is 557. The van der Waals surface area contributed by atoms with E-state index < -0.39 is 5.91 Å². The summed E-state index contributed by atoms with van der Waals surface area (Å²) >= 11 is 0. The van der Waals surface area contributed by atoms with Gasteiger partial charge in [-0.1, -0.05) is 6.07 Å². The van der Waals surface area contributed by atoms with Crippen LogP contribution in [0, 0.1) is 0 Å². The van der Waals surface area contributed by atoms with Crippen molar-refractivity contribution in [3.05, 3.63) is 35.4 Å². The number of carbonyl (C=O) groups is 3. The van der Waals surface area contributed by atoms with Crippen LogP contribution < -0.4 is 11.1 Å². The van der Waals surface area contributed by atoms with Crippen LogP contribution in [0.25, 0.3) is 0 Å². The predicted molar refractivity (Wildman–Crippen MR) is 77.7 cm³/mol. The molecule has 1 heterocycles. The molecule has 2 rings (SSSR count). The SMILES string of the molecule is NC(=O)c1cccc(C(=O)NCCCN2CCCC2=O)c1. The number of carbonyl (C=O) groups excluding carboxylic acids is 3. The molecule has 0 aliphatic carbocycles. The first-order valence-electron chi connectivity index (χ1n) is 7.04. The normalized spacial score (nSPS) is 14.3. The summed E-state index contributed by atoms with van der Waals surface area (Å²) in [6.07, 6.45) is 2.27. The molecule has 1 aromatic carbocycles. The zero-order chi connectivity index (χ0) is 15.2. The molecular weight excluding hydrogens is 270 g/mol. The number of rotatable bonds is 6. The van der Waals surface area contributed by atoms with Crippen molar-refractivity contribution in [1.29, 1.82) is 0 Å². The number of amides is 3. The molecular formula is C15H19N3O3. The van der Waals surface area contributed by atoms with E-state index in [-0.39, 0.29) is 11.8 Å². The van der Waals surface area contributed by atoms with Gasteiger partial charge in [-0.3, -0.25) is 14.4 Å². The summed E-state index contributed by atoms with van der Waals surface area (Å²) in [4.78, 5) is 36.2. The van der Waals surface area contributed by atoms with Gasteiger partial charge in [-0.25, -0.2) is 0 Å². The van der Waals surface area contributed by atoms with E-state index in [4.69, 9.17) is 5.73 Å². The van der Waals surface area contributed by atoms with Crippen LogP contribution in [-0.4, -0.2) is 42.3 Å². The largest absolute Gasteiger partial charge is 0.366 e. The smallest absolute Gasteiger partial charge is 0.251 e. The van der Waals surface area contributed by atoms with Crippen LogP contribution in [0.3, 0.4) is 0 Å². The molecule has 0 bridgehead atoms. The van der Waals surface area contributed by atoms with Crippen molar-refractivity contribution in [1.82, 2.24) is 10.2 Å². The molecule has 1 saturated heterocycles. The Morgan fingerprint density at radius 3 is 2.71 bits per heavy atom. The number of primary amides is 1. The number of likely N-dealkylation sites (tertiary alicyclic amines) is 1. The molecule has 112 valence electrons. The lowest BCUT2D eigenvalue weighted by molar-refractivity contribution is -0.127. The number of nitrogens with two attached hydrogens (primary N) is 1. The van der Waals surface area contributed by atoms with Gasteiger partial charge in [-0.15, -0.1) is 0 Å². The highest BCUT2D eigenvalue weighted by Gasteiger charge is 2.19. The van der Waals surface area contributed by atoms with Crippen LogP contribution in [0.1, 0.15) is 40.0 Å². The molecule has 0 atom stereocenters. The van der Waals surface area contributed by atoms with Crippen LogP contribution in [0.15, 0.2) is 24.3 Å². The van der Waals surface area contributed by atoms with Gasteiger partial charge >= 0.3 is 0 Å². The number of hydrogen-bond acceptors (Lipinski definition) is 3. The molecule has 6 nitrogen and oxygen atoms in total. The topological polar surface area (TPSA) is 92.5 Å². The van der Waals surface area contributed by atoms with Crippen molar-refractivity contribution >= 4 is 17.7 Å². The van der Waals surface area contributed by atoms with Crippen LogP contribution >= 0.6 is 0 Å². The predicted octanol–water partition coefficient (Wildman–Crippen LogP) is 0.528. The quantitative estimate of drug-likeness (QED) is 0.748. The summed E-state index contributed by atoms with van der Waals surface area (Å²) in [6, 6.07) is 6.30. The molecule has 3 amide bonds. The van der Waals surface area contributed by atoms with E-state index >= 15 is 0 Å². The van der Waals surface area contributed by atoms with Gasteiger partial charge in [0.15, 0.2) is 0 Å². The van der Waals surface area contributed by atoms with Crippen molar-refractivity contribution in [2.75, 3.05) is 19.6 Å². The van der Waals surface area contributed by atoms with Crippen molar-refractivity contribution in [3.8, 4) is 0 Å². The molecule has 1 aromatic rings. The third kappa shape index (κ3) is 4.05. The van der Waals surface area contributed by atoms with Crippen LogP contribution in [0.4, 0.5) is 0 Å². The fourth-order valence-electron chi connectivity index (χ4n) is 2.33. The maximum absolute atomic E-state index is 11.9. The second kappa shape index (κ2) is 6.88. The van der Waals surface area contributed by atoms with Crippen molar-refractivity contribution in [2.45, 2.75) is 19.3 Å². The molecule has 1 fully saturated rings. The third-order valence-corrected chi connectivity index (χ3v) is 3.47. The van der Waals surface area contributed by atoms with Gasteiger partial charge < -0.3 is 16.0 Å². The van der Waals surface area contributed by atoms with Crippen LogP contribution in [0.5, 0.6) is 0 Å². The highest BCUT2D eigenvalue weighted by molar-refractivity contribution is 5.99. The molecule has 1 aliphatic heterocycles. The van der Waals surface area contributed by atoms with E-state index in [1.807, 2.05) is 4.90 Å². The minimum absolute atomic E-state index is 0.190. The highest BCUT2D eigenvalue weighted by Crippen LogP contribution is 2.09. The first kappa shape index (κ1) is 15.0. The molecule has 0 spiro atoms. The fraction of sp³-hybridized carbons (Fsp3) is 0.400. The summed E-state index contributed by atoms with van der Waals surface area (Å²) in [7, 11) is 0. The van der Waals surface area contributed by atoms with Gasteiger partial charge in [0.25, 0.3) is 5.91 Å². The lowest BCUT2D eigenvalue weighted by Gasteiger charge is -2.15. The summed E-state index contributed by atoms with van der Waals surface area (Å²) < 4.78 is 0. The molecule has 6 heteroatoms. The van der Waals surface area contributed by atoms with E-state index in [2.05, 4.69) is 5.32 Å². The average molecular weight is 289 g/mol. The van der Waals surface area contributed by atoms with Crippen molar-refractivity contribution in [3.63, 3.8) is 0 Å². The van der Waals surface area contributed by atoms with Gasteiger partial charge in [0.05, 0.1) is 0 Å². The van der Waals surface area contributed by atoms with E-state index in [0.717, 1.165) is 13.0 Å². The Balaban J connectivity index is 1.78. The van der Waals surface area contributed by atoms with E-state index in [1.54, 1.807) is 18.2 Å². The second-order valence-electron chi connectivity index (χ2n) is 5.04. The fourth-order valence-corrected chi connectivity index (χ4v) is 2.33. The molecule has 0 aromatic heterocycles. The monoisotopic (exact) mass is 289 g/mol. The molecule has 3 N–H and O–H groups in total. The maximum Gasteiger partial charge on any atom is 0.251 e. The zero-order valence-electron chi connectivity index (χ0n) is 11.8. The molecule has 21 heavy (non-hydrogen) atoms. The summed E-state index contributed by atoms with van der Waals surface area (Å²) in [5.74, 6) is -0.612. The Hall–Kier alpha value is -2.37. The van der Waals surface area contributed by atoms with E-state index in [1.165, 1.54) is 6.07 Å². The first-order chi connectivity index (χ1) is 10.1. The van der Waals surface area contributed by atoms with E-state index in [9.17, 15) is 14.4 Å². The summed E-state index contributed by atoms with van der Waals surface area (Å²) in [6.45, 7) is 1.97. The van der Waals surface area contributed by atoms with Gasteiger partial charge in [0.1, 0.15) is 0 Å². The molecule has 0 unspecified atom stereocenters. The number of hydrogen-bond donors (Lipinski definition) is 2. The van der Waals surface area contributed by atoms with E-state index in [0.29, 0.717) is 37.1 Å². The average Bonchev–Trinajstić information content (AvgIpc) is 2.89. The number of nitrogens with one attached hydrogen (secondary N) is 1. The summed E-state index contributed by atoms with van der Waals surface area (Å²) in [5.41, 5.74) is 5.90. The maximum atomic E-state index is 11.9. The Kier molecular flexibility index (Phi) is 4.92. The minimum atomic E-state index is -0.558. The minimum Gasteiger partial charge on any atom is -0.366 e. The Labute approximate surface area is 123 Å². The second-order valence-corrected chi connectivity index (χ2v) is 5.04. The highest BCUT2D eigenvalue weighted by atomic mass is 16.2. The number of benzene rings is 1. The first-order valence-corrected chi connectivity index (χ1v) is 7.04. The van der Waals surface area contributed by atoms with Crippen molar-refractivity contribution < 1.29 is 14.4 Å². The van der Waals surface area contributed by atoms with Crippen LogP contribution in [0.2, 0.25) is 0 Å². The standard InChI is InChI=1S/C15H19N3O3/c16-14(20)11-4-1-5-12(10-11)15(21)17-7-3-9-18-8-2-6-13(18)19/h1,4-5,10H,2-3,6-9H2,(H2,16,20)(H,17,21). The van der Waals surface area contributed by atoms with Gasteiger partial charge in [-0.2, -0.15) is 0 Å². The molecule has 0 saturated carbocycles. The molecule has 1 aliphatic rings. The molecule has 0 radical (unpaired) electrons. The lowest BCUT2D eigenvalue weighted by Crippen LogP contribution is -2.30. The number of nitrogens with zero attached hydrogens (tertiary/aromatic N) is 1. The van der Waals surface area contributed by atoms with Gasteiger partial charge in [0, 0.05) is 37.2 Å². The zero-order valence-corrected chi connectivity index (χ0v) is 11.8. The lowest BCUT2D eigenvalue weighted by atomic mass is 10.1. The van der Waals surface area contributed by atoms with Crippen LogP contribution in [-0.2, 0) is 4.79 Å². The Morgan fingerprint density at radius 1 is 1.29 bits per heavy atom. The third-order valence-electron chi connectivity index (χ3n) is 3.47. The Morgan fingerprint density at radius 2 is 2.05 bits per heavy atom. The van der Waals surface area contributed by atoms with Gasteiger partial charge in [-0.05, 0) is 31.0 Å². The summed E-state index contributed by atoms with van der Waals surface area (Å²) in [5, 5.41) is 2.77. The van der Waals surface area contributed by atoms with Crippen molar-refractivity contribution in [2.24, 2.45) is 5.73 Å². The van der Waals surface area contributed by atoms with Gasteiger partial charge in [0.2, 0.25) is 11.8 Å².